The first kappa shape index (κ1) is 18.8. The average Bonchev–Trinajstić information content (AvgIpc) is 2.41. The van der Waals surface area contributed by atoms with Crippen LogP contribution in [0.1, 0.15) is 77.6 Å². The largest absolute Gasteiger partial charge is 0.300 e. The van der Waals surface area contributed by atoms with Crippen LogP contribution in [0.3, 0.4) is 0 Å². The van der Waals surface area contributed by atoms with Crippen molar-refractivity contribution in [3.05, 3.63) is 12.7 Å². The quantitative estimate of drug-likeness (QED) is 0.354. The number of hydrogen-bond donors (Lipinski definition) is 0. The lowest BCUT2D eigenvalue weighted by atomic mass is 10.0. The summed E-state index contributed by atoms with van der Waals surface area (Å²) in [6, 6.07) is 0. The minimum Gasteiger partial charge on any atom is -0.300 e. The first-order valence-electron chi connectivity index (χ1n) is 7.70. The van der Waals surface area contributed by atoms with E-state index in [1.807, 2.05) is 6.08 Å². The highest BCUT2D eigenvalue weighted by molar-refractivity contribution is 5.88. The SMILES string of the molecule is C=CCCCCCCCC(=O)CCC(=O)CCC(C)=O. The van der Waals surface area contributed by atoms with Crippen molar-refractivity contribution in [2.24, 2.45) is 0 Å². The van der Waals surface area contributed by atoms with Gasteiger partial charge in [0, 0.05) is 32.1 Å². The van der Waals surface area contributed by atoms with Crippen LogP contribution in [0, 0.1) is 0 Å². The van der Waals surface area contributed by atoms with Gasteiger partial charge in [0.1, 0.15) is 17.3 Å². The molecule has 20 heavy (non-hydrogen) atoms. The fourth-order valence-electron chi connectivity index (χ4n) is 1.99. The molecule has 0 saturated carbocycles. The van der Waals surface area contributed by atoms with Crippen LogP contribution in [0.25, 0.3) is 0 Å². The van der Waals surface area contributed by atoms with Gasteiger partial charge in [-0.3, -0.25) is 9.59 Å². The molecule has 0 heterocycles. The van der Waals surface area contributed by atoms with E-state index in [2.05, 4.69) is 6.58 Å². The van der Waals surface area contributed by atoms with Gasteiger partial charge < -0.3 is 4.79 Å². The highest BCUT2D eigenvalue weighted by atomic mass is 16.1. The zero-order chi connectivity index (χ0) is 15.2. The number of unbranched alkanes of at least 4 members (excludes halogenated alkanes) is 5. The van der Waals surface area contributed by atoms with Crippen LogP contribution in [0.4, 0.5) is 0 Å². The summed E-state index contributed by atoms with van der Waals surface area (Å²) in [7, 11) is 0. The second kappa shape index (κ2) is 12.8. The van der Waals surface area contributed by atoms with E-state index in [0.717, 1.165) is 19.3 Å². The Kier molecular flexibility index (Phi) is 12.0. The Hall–Kier alpha value is -1.25. The molecule has 0 aliphatic rings. The third kappa shape index (κ3) is 13.2. The zero-order valence-corrected chi connectivity index (χ0v) is 12.8. The predicted molar refractivity (Wildman–Crippen MR) is 81.7 cm³/mol. The molecule has 0 aromatic carbocycles. The van der Waals surface area contributed by atoms with E-state index in [9.17, 15) is 14.4 Å². The van der Waals surface area contributed by atoms with Crippen molar-refractivity contribution < 1.29 is 14.4 Å². The summed E-state index contributed by atoms with van der Waals surface area (Å²) in [6.07, 6.45) is 10.4. The van der Waals surface area contributed by atoms with Crippen LogP contribution in [0.2, 0.25) is 0 Å². The maximum atomic E-state index is 11.6. The second-order valence-corrected chi connectivity index (χ2v) is 5.37. The summed E-state index contributed by atoms with van der Waals surface area (Å²) in [6.45, 7) is 5.16. The van der Waals surface area contributed by atoms with Crippen molar-refractivity contribution in [3.8, 4) is 0 Å². The molecule has 3 heteroatoms. The van der Waals surface area contributed by atoms with E-state index < -0.39 is 0 Å². The molecule has 0 aliphatic heterocycles. The van der Waals surface area contributed by atoms with Crippen LogP contribution in [-0.2, 0) is 14.4 Å². The van der Waals surface area contributed by atoms with E-state index in [-0.39, 0.29) is 23.8 Å². The highest BCUT2D eigenvalue weighted by Crippen LogP contribution is 2.09. The summed E-state index contributed by atoms with van der Waals surface area (Å²) in [5, 5.41) is 0. The molecule has 0 bridgehead atoms. The number of carbonyl (C=O) groups is 3. The summed E-state index contributed by atoms with van der Waals surface area (Å²) in [5.41, 5.74) is 0. The van der Waals surface area contributed by atoms with Crippen LogP contribution >= 0.6 is 0 Å². The maximum absolute atomic E-state index is 11.6. The van der Waals surface area contributed by atoms with Crippen LogP contribution < -0.4 is 0 Å². The summed E-state index contributed by atoms with van der Waals surface area (Å²) in [5.74, 6) is 0.228. The lowest BCUT2D eigenvalue weighted by Gasteiger charge is -2.02. The molecule has 0 N–H and O–H groups in total. The minimum absolute atomic E-state index is 0.0259. The Morgan fingerprint density at radius 2 is 1.25 bits per heavy atom. The molecule has 0 radical (unpaired) electrons. The van der Waals surface area contributed by atoms with Crippen molar-refractivity contribution in [1.82, 2.24) is 0 Å². The van der Waals surface area contributed by atoms with E-state index in [1.165, 1.54) is 26.2 Å². The van der Waals surface area contributed by atoms with Gasteiger partial charge in [-0.1, -0.05) is 25.3 Å². The molecule has 0 atom stereocenters. The molecule has 0 aliphatic carbocycles. The Morgan fingerprint density at radius 3 is 1.85 bits per heavy atom. The van der Waals surface area contributed by atoms with Gasteiger partial charge in [0.15, 0.2) is 0 Å². The number of ketones is 3. The standard InChI is InChI=1S/C17H28O3/c1-3-4-5-6-7-8-9-10-16(19)13-14-17(20)12-11-15(2)18/h3H,1,4-14H2,2H3. The van der Waals surface area contributed by atoms with Crippen molar-refractivity contribution in [2.45, 2.75) is 77.6 Å². The van der Waals surface area contributed by atoms with Crippen LogP contribution in [0.15, 0.2) is 12.7 Å². The number of rotatable bonds is 14. The second-order valence-electron chi connectivity index (χ2n) is 5.37. The van der Waals surface area contributed by atoms with Gasteiger partial charge >= 0.3 is 0 Å². The monoisotopic (exact) mass is 280 g/mol. The van der Waals surface area contributed by atoms with E-state index in [0.29, 0.717) is 25.7 Å². The topological polar surface area (TPSA) is 51.2 Å². The Bertz CT molecular complexity index is 318. The number of carbonyl (C=O) groups excluding carboxylic acids is 3. The molecule has 0 rings (SSSR count). The average molecular weight is 280 g/mol. The normalized spacial score (nSPS) is 10.2. The van der Waals surface area contributed by atoms with E-state index >= 15 is 0 Å². The molecule has 0 fully saturated rings. The van der Waals surface area contributed by atoms with Crippen molar-refractivity contribution in [3.63, 3.8) is 0 Å². The number of hydrogen-bond acceptors (Lipinski definition) is 3. The first-order chi connectivity index (χ1) is 9.56. The molecule has 0 unspecified atom stereocenters. The maximum Gasteiger partial charge on any atom is 0.133 e. The highest BCUT2D eigenvalue weighted by Gasteiger charge is 2.08. The van der Waals surface area contributed by atoms with Crippen molar-refractivity contribution >= 4 is 17.3 Å². The van der Waals surface area contributed by atoms with Gasteiger partial charge in [0.25, 0.3) is 0 Å². The molecule has 0 aromatic rings. The first-order valence-corrected chi connectivity index (χ1v) is 7.70. The van der Waals surface area contributed by atoms with Crippen molar-refractivity contribution in [2.75, 3.05) is 0 Å². The van der Waals surface area contributed by atoms with Gasteiger partial charge in [-0.15, -0.1) is 6.58 Å². The molecule has 0 aromatic heterocycles. The molecular formula is C17H28O3. The Morgan fingerprint density at radius 1 is 0.750 bits per heavy atom. The third-order valence-corrected chi connectivity index (χ3v) is 3.30. The van der Waals surface area contributed by atoms with Crippen molar-refractivity contribution in [1.29, 1.82) is 0 Å². The van der Waals surface area contributed by atoms with Gasteiger partial charge in [0.05, 0.1) is 0 Å². The zero-order valence-electron chi connectivity index (χ0n) is 12.8. The molecular weight excluding hydrogens is 252 g/mol. The number of allylic oxidation sites excluding steroid dienone is 1. The lowest BCUT2D eigenvalue weighted by Crippen LogP contribution is -2.05. The molecule has 0 spiro atoms. The molecule has 3 nitrogen and oxygen atoms in total. The Labute approximate surface area is 122 Å². The fraction of sp³-hybridized carbons (Fsp3) is 0.706. The van der Waals surface area contributed by atoms with Gasteiger partial charge in [-0.05, 0) is 26.2 Å². The molecule has 0 saturated heterocycles. The van der Waals surface area contributed by atoms with Gasteiger partial charge in [-0.2, -0.15) is 0 Å². The molecule has 0 amide bonds. The van der Waals surface area contributed by atoms with Crippen LogP contribution in [-0.4, -0.2) is 17.3 Å². The third-order valence-electron chi connectivity index (χ3n) is 3.30. The van der Waals surface area contributed by atoms with Gasteiger partial charge in [0.2, 0.25) is 0 Å². The predicted octanol–water partition coefficient (Wildman–Crippen LogP) is 4.19. The summed E-state index contributed by atoms with van der Waals surface area (Å²) >= 11 is 0. The van der Waals surface area contributed by atoms with Gasteiger partial charge in [-0.25, -0.2) is 0 Å². The van der Waals surface area contributed by atoms with Crippen LogP contribution in [0.5, 0.6) is 0 Å². The fourth-order valence-corrected chi connectivity index (χ4v) is 1.99. The van der Waals surface area contributed by atoms with E-state index in [1.54, 1.807) is 0 Å². The van der Waals surface area contributed by atoms with E-state index in [4.69, 9.17) is 0 Å². The minimum atomic E-state index is 0.0259. The molecule has 114 valence electrons. The number of Topliss-reactive ketones (excluding diaryl/α,β-unsaturated/α-hetero) is 3. The summed E-state index contributed by atoms with van der Waals surface area (Å²) in [4.78, 5) is 33.7. The smallest absolute Gasteiger partial charge is 0.133 e. The lowest BCUT2D eigenvalue weighted by molar-refractivity contribution is -0.125. The Balaban J connectivity index is 3.42. The summed E-state index contributed by atoms with van der Waals surface area (Å²) < 4.78 is 0.